The van der Waals surface area contributed by atoms with Crippen molar-refractivity contribution in [2.24, 2.45) is 0 Å². The van der Waals surface area contributed by atoms with E-state index in [0.717, 1.165) is 23.4 Å². The molecular weight excluding hydrogens is 253 g/mol. The molecule has 0 amide bonds. The van der Waals surface area contributed by atoms with Crippen LogP contribution in [0, 0.1) is 5.82 Å². The summed E-state index contributed by atoms with van der Waals surface area (Å²) >= 11 is 0. The van der Waals surface area contributed by atoms with Gasteiger partial charge in [0, 0.05) is 12.1 Å². The van der Waals surface area contributed by atoms with Crippen molar-refractivity contribution in [1.82, 2.24) is 5.32 Å². The highest BCUT2D eigenvalue weighted by Gasteiger charge is 2.06. The molecular formula is C17H20FNO. The fourth-order valence-corrected chi connectivity index (χ4v) is 2.07. The first kappa shape index (κ1) is 14.5. The van der Waals surface area contributed by atoms with Crippen molar-refractivity contribution >= 4 is 0 Å². The topological polar surface area (TPSA) is 21.3 Å². The van der Waals surface area contributed by atoms with Gasteiger partial charge in [0.05, 0.1) is 6.61 Å². The van der Waals surface area contributed by atoms with E-state index >= 15 is 0 Å². The number of benzene rings is 2. The molecule has 0 aromatic heterocycles. The van der Waals surface area contributed by atoms with Crippen molar-refractivity contribution in [3.05, 3.63) is 53.8 Å². The minimum atomic E-state index is -0.190. The molecule has 0 heterocycles. The van der Waals surface area contributed by atoms with Gasteiger partial charge in [-0.15, -0.1) is 0 Å². The van der Waals surface area contributed by atoms with Crippen LogP contribution in [-0.4, -0.2) is 13.2 Å². The van der Waals surface area contributed by atoms with E-state index in [1.54, 1.807) is 6.07 Å². The van der Waals surface area contributed by atoms with E-state index < -0.39 is 0 Å². The second-order valence-electron chi connectivity index (χ2n) is 4.55. The van der Waals surface area contributed by atoms with Gasteiger partial charge in [0.25, 0.3) is 0 Å². The first-order valence-electron chi connectivity index (χ1n) is 6.97. The summed E-state index contributed by atoms with van der Waals surface area (Å²) in [5.41, 5.74) is 2.44. The zero-order valence-corrected chi connectivity index (χ0v) is 11.9. The maximum atomic E-state index is 14.2. The third-order valence-electron chi connectivity index (χ3n) is 3.09. The van der Waals surface area contributed by atoms with Gasteiger partial charge < -0.3 is 10.1 Å². The molecule has 106 valence electrons. The monoisotopic (exact) mass is 273 g/mol. The Kier molecular flexibility index (Phi) is 5.13. The number of hydrogen-bond donors (Lipinski definition) is 1. The Morgan fingerprint density at radius 3 is 2.40 bits per heavy atom. The summed E-state index contributed by atoms with van der Waals surface area (Å²) in [5, 5.41) is 3.19. The number of ether oxygens (including phenoxy) is 1. The quantitative estimate of drug-likeness (QED) is 0.859. The van der Waals surface area contributed by atoms with Crippen molar-refractivity contribution in [3.8, 4) is 16.9 Å². The molecule has 2 aromatic carbocycles. The van der Waals surface area contributed by atoms with Crippen LogP contribution in [-0.2, 0) is 6.54 Å². The first-order valence-corrected chi connectivity index (χ1v) is 6.97. The molecule has 0 unspecified atom stereocenters. The number of halogens is 1. The molecule has 20 heavy (non-hydrogen) atoms. The van der Waals surface area contributed by atoms with Crippen LogP contribution in [0.2, 0.25) is 0 Å². The summed E-state index contributed by atoms with van der Waals surface area (Å²) in [6.45, 7) is 6.17. The van der Waals surface area contributed by atoms with E-state index in [1.807, 2.05) is 50.2 Å². The standard InChI is InChI=1S/C17H20FNO/c1-3-19-12-13-5-10-16(17(18)11-13)14-6-8-15(9-7-14)20-4-2/h5-11,19H,3-4,12H2,1-2H3. The van der Waals surface area contributed by atoms with Gasteiger partial charge in [0.2, 0.25) is 0 Å². The molecule has 2 aromatic rings. The third kappa shape index (κ3) is 3.58. The second-order valence-corrected chi connectivity index (χ2v) is 4.55. The van der Waals surface area contributed by atoms with Crippen LogP contribution < -0.4 is 10.1 Å². The highest BCUT2D eigenvalue weighted by atomic mass is 19.1. The molecule has 0 aliphatic rings. The van der Waals surface area contributed by atoms with Gasteiger partial charge >= 0.3 is 0 Å². The largest absolute Gasteiger partial charge is 0.494 e. The zero-order chi connectivity index (χ0) is 14.4. The summed E-state index contributed by atoms with van der Waals surface area (Å²) in [7, 11) is 0. The van der Waals surface area contributed by atoms with E-state index in [1.165, 1.54) is 0 Å². The zero-order valence-electron chi connectivity index (χ0n) is 11.9. The molecule has 3 heteroatoms. The average molecular weight is 273 g/mol. The van der Waals surface area contributed by atoms with Crippen molar-refractivity contribution < 1.29 is 9.13 Å². The lowest BCUT2D eigenvalue weighted by atomic mass is 10.0. The van der Waals surface area contributed by atoms with Crippen LogP contribution >= 0.6 is 0 Å². The Morgan fingerprint density at radius 2 is 1.80 bits per heavy atom. The lowest BCUT2D eigenvalue weighted by Crippen LogP contribution is -2.11. The summed E-state index contributed by atoms with van der Waals surface area (Å²) in [4.78, 5) is 0. The summed E-state index contributed by atoms with van der Waals surface area (Å²) in [6, 6.07) is 12.9. The maximum absolute atomic E-state index is 14.2. The lowest BCUT2D eigenvalue weighted by Gasteiger charge is -2.08. The van der Waals surface area contributed by atoms with E-state index in [4.69, 9.17) is 4.74 Å². The van der Waals surface area contributed by atoms with Gasteiger partial charge in [-0.25, -0.2) is 4.39 Å². The summed E-state index contributed by atoms with van der Waals surface area (Å²) in [5.74, 6) is 0.616. The molecule has 0 aliphatic heterocycles. The fourth-order valence-electron chi connectivity index (χ4n) is 2.07. The SMILES string of the molecule is CCNCc1ccc(-c2ccc(OCC)cc2)c(F)c1. The third-order valence-corrected chi connectivity index (χ3v) is 3.09. The smallest absolute Gasteiger partial charge is 0.131 e. The van der Waals surface area contributed by atoms with Crippen LogP contribution in [0.25, 0.3) is 11.1 Å². The Balaban J connectivity index is 2.19. The first-order chi connectivity index (χ1) is 9.74. The molecule has 0 saturated heterocycles. The molecule has 1 N–H and O–H groups in total. The van der Waals surface area contributed by atoms with Gasteiger partial charge in [-0.3, -0.25) is 0 Å². The number of nitrogens with one attached hydrogen (secondary N) is 1. The molecule has 0 bridgehead atoms. The summed E-state index contributed by atoms with van der Waals surface area (Å²) in [6.07, 6.45) is 0. The average Bonchev–Trinajstić information content (AvgIpc) is 2.47. The molecule has 0 radical (unpaired) electrons. The van der Waals surface area contributed by atoms with Crippen LogP contribution in [0.3, 0.4) is 0 Å². The normalized spacial score (nSPS) is 10.6. The molecule has 0 spiro atoms. The van der Waals surface area contributed by atoms with Crippen LogP contribution in [0.1, 0.15) is 19.4 Å². The van der Waals surface area contributed by atoms with Gasteiger partial charge in [0.1, 0.15) is 11.6 Å². The molecule has 0 aliphatic carbocycles. The van der Waals surface area contributed by atoms with Gasteiger partial charge in [-0.1, -0.05) is 31.2 Å². The van der Waals surface area contributed by atoms with Gasteiger partial charge in [-0.2, -0.15) is 0 Å². The van der Waals surface area contributed by atoms with E-state index in [0.29, 0.717) is 18.7 Å². The van der Waals surface area contributed by atoms with E-state index in [9.17, 15) is 4.39 Å². The Morgan fingerprint density at radius 1 is 1.05 bits per heavy atom. The van der Waals surface area contributed by atoms with Crippen molar-refractivity contribution in [1.29, 1.82) is 0 Å². The Labute approximate surface area is 119 Å². The second kappa shape index (κ2) is 7.06. The van der Waals surface area contributed by atoms with Crippen LogP contribution in [0.4, 0.5) is 4.39 Å². The van der Waals surface area contributed by atoms with Crippen molar-refractivity contribution in [2.75, 3.05) is 13.2 Å². The van der Waals surface area contributed by atoms with E-state index in [-0.39, 0.29) is 5.82 Å². The molecule has 2 rings (SSSR count). The highest BCUT2D eigenvalue weighted by molar-refractivity contribution is 5.65. The molecule has 0 atom stereocenters. The summed E-state index contributed by atoms with van der Waals surface area (Å²) < 4.78 is 19.5. The van der Waals surface area contributed by atoms with Gasteiger partial charge in [-0.05, 0) is 42.8 Å². The molecule has 0 fully saturated rings. The van der Waals surface area contributed by atoms with Crippen LogP contribution in [0.5, 0.6) is 5.75 Å². The highest BCUT2D eigenvalue weighted by Crippen LogP contribution is 2.25. The Bertz CT molecular complexity index is 551. The minimum absolute atomic E-state index is 0.190. The predicted molar refractivity (Wildman–Crippen MR) is 80.4 cm³/mol. The molecule has 2 nitrogen and oxygen atoms in total. The van der Waals surface area contributed by atoms with Gasteiger partial charge in [0.15, 0.2) is 0 Å². The number of rotatable bonds is 6. The van der Waals surface area contributed by atoms with Crippen molar-refractivity contribution in [3.63, 3.8) is 0 Å². The Hall–Kier alpha value is -1.87. The number of hydrogen-bond acceptors (Lipinski definition) is 2. The van der Waals surface area contributed by atoms with E-state index in [2.05, 4.69) is 5.32 Å². The lowest BCUT2D eigenvalue weighted by molar-refractivity contribution is 0.340. The maximum Gasteiger partial charge on any atom is 0.131 e. The fraction of sp³-hybridized carbons (Fsp3) is 0.294. The minimum Gasteiger partial charge on any atom is -0.494 e. The van der Waals surface area contributed by atoms with Crippen molar-refractivity contribution in [2.45, 2.75) is 20.4 Å². The predicted octanol–water partition coefficient (Wildman–Crippen LogP) is 4.00. The molecule has 0 saturated carbocycles. The van der Waals surface area contributed by atoms with Crippen LogP contribution in [0.15, 0.2) is 42.5 Å².